The summed E-state index contributed by atoms with van der Waals surface area (Å²) in [6.45, 7) is 3.30. The molecule has 3 rings (SSSR count). The first-order valence-electron chi connectivity index (χ1n) is 7.23. The Morgan fingerprint density at radius 3 is 2.73 bits per heavy atom. The Balaban J connectivity index is 1.95. The van der Waals surface area contributed by atoms with E-state index < -0.39 is 6.10 Å². The Bertz CT molecular complexity index is 752. The lowest BCUT2D eigenvalue weighted by molar-refractivity contribution is -0.122. The van der Waals surface area contributed by atoms with Gasteiger partial charge in [-0.15, -0.1) is 0 Å². The zero-order chi connectivity index (χ0) is 15.7. The summed E-state index contributed by atoms with van der Waals surface area (Å²) in [6, 6.07) is 13.6. The van der Waals surface area contributed by atoms with Gasteiger partial charge in [0.15, 0.2) is 6.10 Å². The van der Waals surface area contributed by atoms with E-state index in [0.717, 1.165) is 16.7 Å². The van der Waals surface area contributed by atoms with Crippen molar-refractivity contribution in [3.63, 3.8) is 0 Å². The maximum Gasteiger partial charge on any atom is 0.265 e. The molecule has 2 aromatic rings. The zero-order valence-electron chi connectivity index (χ0n) is 12.6. The SMILES string of the molecule is CC(=O)Cc1cccc(-c2ccc3c(c2)NC(=O)C(C)O3)c1. The van der Waals surface area contributed by atoms with Gasteiger partial charge >= 0.3 is 0 Å². The summed E-state index contributed by atoms with van der Waals surface area (Å²) < 4.78 is 5.55. The second-order valence-corrected chi connectivity index (χ2v) is 5.54. The molecule has 2 aromatic carbocycles. The van der Waals surface area contributed by atoms with Crippen molar-refractivity contribution < 1.29 is 14.3 Å². The number of anilines is 1. The number of hydrogen-bond acceptors (Lipinski definition) is 3. The third-order valence-corrected chi connectivity index (χ3v) is 3.62. The zero-order valence-corrected chi connectivity index (χ0v) is 12.6. The molecule has 1 amide bonds. The van der Waals surface area contributed by atoms with Crippen LogP contribution >= 0.6 is 0 Å². The number of Topliss-reactive ketones (excluding diaryl/α,β-unsaturated/α-hetero) is 1. The molecule has 4 nitrogen and oxygen atoms in total. The van der Waals surface area contributed by atoms with Gasteiger partial charge in [-0.25, -0.2) is 0 Å². The third-order valence-electron chi connectivity index (χ3n) is 3.62. The van der Waals surface area contributed by atoms with Gasteiger partial charge in [-0.3, -0.25) is 9.59 Å². The fourth-order valence-electron chi connectivity index (χ4n) is 2.54. The number of carbonyl (C=O) groups is 2. The van der Waals surface area contributed by atoms with Gasteiger partial charge in [0, 0.05) is 6.42 Å². The average Bonchev–Trinajstić information content (AvgIpc) is 2.47. The highest BCUT2D eigenvalue weighted by atomic mass is 16.5. The van der Waals surface area contributed by atoms with Crippen molar-refractivity contribution in [2.75, 3.05) is 5.32 Å². The lowest BCUT2D eigenvalue weighted by Crippen LogP contribution is -2.34. The smallest absolute Gasteiger partial charge is 0.265 e. The molecule has 4 heteroatoms. The molecule has 1 N–H and O–H groups in total. The first-order chi connectivity index (χ1) is 10.5. The summed E-state index contributed by atoms with van der Waals surface area (Å²) in [5.41, 5.74) is 3.64. The highest BCUT2D eigenvalue weighted by Gasteiger charge is 2.23. The van der Waals surface area contributed by atoms with Crippen LogP contribution in [0.2, 0.25) is 0 Å². The van der Waals surface area contributed by atoms with Gasteiger partial charge < -0.3 is 10.1 Å². The standard InChI is InChI=1S/C18H17NO3/c1-11(20)8-13-4-3-5-14(9-13)15-6-7-17-16(10-15)19-18(21)12(2)22-17/h3-7,9-10,12H,8H2,1-2H3,(H,19,21). The number of ketones is 1. The van der Waals surface area contributed by atoms with Crippen molar-refractivity contribution in [3.8, 4) is 16.9 Å². The van der Waals surface area contributed by atoms with Crippen LogP contribution < -0.4 is 10.1 Å². The largest absolute Gasteiger partial charge is 0.479 e. The molecule has 1 heterocycles. The van der Waals surface area contributed by atoms with Crippen molar-refractivity contribution in [2.45, 2.75) is 26.4 Å². The van der Waals surface area contributed by atoms with E-state index in [1.165, 1.54) is 0 Å². The molecule has 0 aliphatic carbocycles. The predicted molar refractivity (Wildman–Crippen MR) is 85.0 cm³/mol. The molecule has 0 spiro atoms. The molecule has 1 aliphatic heterocycles. The lowest BCUT2D eigenvalue weighted by Gasteiger charge is -2.23. The molecule has 0 aromatic heterocycles. The molecule has 0 bridgehead atoms. The number of benzene rings is 2. The summed E-state index contributed by atoms with van der Waals surface area (Å²) in [7, 11) is 0. The van der Waals surface area contributed by atoms with Crippen molar-refractivity contribution in [1.29, 1.82) is 0 Å². The fraction of sp³-hybridized carbons (Fsp3) is 0.222. The summed E-state index contributed by atoms with van der Waals surface area (Å²) >= 11 is 0. The Morgan fingerprint density at radius 1 is 1.18 bits per heavy atom. The van der Waals surface area contributed by atoms with E-state index in [-0.39, 0.29) is 11.7 Å². The number of rotatable bonds is 3. The molecule has 0 radical (unpaired) electrons. The minimum absolute atomic E-state index is 0.136. The highest BCUT2D eigenvalue weighted by Crippen LogP contribution is 2.34. The van der Waals surface area contributed by atoms with Gasteiger partial charge in [0.1, 0.15) is 11.5 Å². The van der Waals surface area contributed by atoms with Crippen LogP contribution in [0, 0.1) is 0 Å². The summed E-state index contributed by atoms with van der Waals surface area (Å²) in [5, 5.41) is 2.85. The third kappa shape index (κ3) is 2.86. The monoisotopic (exact) mass is 295 g/mol. The number of amides is 1. The van der Waals surface area contributed by atoms with Crippen LogP contribution in [0.3, 0.4) is 0 Å². The van der Waals surface area contributed by atoms with Crippen LogP contribution in [0.1, 0.15) is 19.4 Å². The van der Waals surface area contributed by atoms with Crippen molar-refractivity contribution in [2.24, 2.45) is 0 Å². The van der Waals surface area contributed by atoms with Gasteiger partial charge in [-0.1, -0.05) is 30.3 Å². The van der Waals surface area contributed by atoms with Crippen molar-refractivity contribution >= 4 is 17.4 Å². The second kappa shape index (κ2) is 5.64. The van der Waals surface area contributed by atoms with E-state index >= 15 is 0 Å². The maximum absolute atomic E-state index is 11.7. The van der Waals surface area contributed by atoms with E-state index in [4.69, 9.17) is 4.74 Å². The first kappa shape index (κ1) is 14.3. The quantitative estimate of drug-likeness (QED) is 0.946. The average molecular weight is 295 g/mol. The van der Waals surface area contributed by atoms with E-state index in [2.05, 4.69) is 5.32 Å². The number of hydrogen-bond donors (Lipinski definition) is 1. The fourth-order valence-corrected chi connectivity index (χ4v) is 2.54. The van der Waals surface area contributed by atoms with Crippen LogP contribution in [-0.2, 0) is 16.0 Å². The van der Waals surface area contributed by atoms with E-state index in [0.29, 0.717) is 17.9 Å². The first-order valence-corrected chi connectivity index (χ1v) is 7.23. The Kier molecular flexibility index (Phi) is 3.67. The predicted octanol–water partition coefficient (Wildman–Crippen LogP) is 3.20. The van der Waals surface area contributed by atoms with Crippen LogP contribution in [0.4, 0.5) is 5.69 Å². The number of fused-ring (bicyclic) bond motifs is 1. The summed E-state index contributed by atoms with van der Waals surface area (Å²) in [6.07, 6.45) is -0.0480. The van der Waals surface area contributed by atoms with E-state index in [1.807, 2.05) is 42.5 Å². The molecular formula is C18H17NO3. The minimum atomic E-state index is -0.475. The molecule has 1 unspecified atom stereocenters. The Hall–Kier alpha value is -2.62. The van der Waals surface area contributed by atoms with Gasteiger partial charge in [-0.2, -0.15) is 0 Å². The molecule has 1 atom stereocenters. The van der Waals surface area contributed by atoms with Gasteiger partial charge in [0.2, 0.25) is 0 Å². The van der Waals surface area contributed by atoms with E-state index in [9.17, 15) is 9.59 Å². The molecule has 0 saturated heterocycles. The Labute approximate surface area is 129 Å². The topological polar surface area (TPSA) is 55.4 Å². The number of carbonyl (C=O) groups excluding carboxylic acids is 2. The summed E-state index contributed by atoms with van der Waals surface area (Å²) in [5.74, 6) is 0.669. The van der Waals surface area contributed by atoms with E-state index in [1.54, 1.807) is 13.8 Å². The van der Waals surface area contributed by atoms with Crippen molar-refractivity contribution in [3.05, 3.63) is 48.0 Å². The van der Waals surface area contributed by atoms with Gasteiger partial charge in [0.25, 0.3) is 5.91 Å². The van der Waals surface area contributed by atoms with Crippen LogP contribution in [-0.4, -0.2) is 17.8 Å². The number of nitrogens with one attached hydrogen (secondary N) is 1. The molecule has 112 valence electrons. The second-order valence-electron chi connectivity index (χ2n) is 5.54. The summed E-state index contributed by atoms with van der Waals surface area (Å²) in [4.78, 5) is 23.0. The van der Waals surface area contributed by atoms with Gasteiger partial charge in [0.05, 0.1) is 5.69 Å². The van der Waals surface area contributed by atoms with Crippen molar-refractivity contribution in [1.82, 2.24) is 0 Å². The number of ether oxygens (including phenoxy) is 1. The van der Waals surface area contributed by atoms with Crippen LogP contribution in [0.25, 0.3) is 11.1 Å². The lowest BCUT2D eigenvalue weighted by atomic mass is 10.00. The Morgan fingerprint density at radius 2 is 1.95 bits per heavy atom. The molecule has 1 aliphatic rings. The van der Waals surface area contributed by atoms with Crippen LogP contribution in [0.15, 0.2) is 42.5 Å². The molecular weight excluding hydrogens is 278 g/mol. The van der Waals surface area contributed by atoms with Crippen LogP contribution in [0.5, 0.6) is 5.75 Å². The molecule has 0 saturated carbocycles. The minimum Gasteiger partial charge on any atom is -0.479 e. The normalized spacial score (nSPS) is 16.5. The maximum atomic E-state index is 11.7. The highest BCUT2D eigenvalue weighted by molar-refractivity contribution is 5.98. The molecule has 22 heavy (non-hydrogen) atoms. The molecule has 0 fully saturated rings. The van der Waals surface area contributed by atoms with Gasteiger partial charge in [-0.05, 0) is 42.7 Å².